The Balaban J connectivity index is 2.08. The van der Waals surface area contributed by atoms with E-state index < -0.39 is 0 Å². The summed E-state index contributed by atoms with van der Waals surface area (Å²) in [5.41, 5.74) is 9.86. The highest BCUT2D eigenvalue weighted by Crippen LogP contribution is 2.36. The van der Waals surface area contributed by atoms with Crippen LogP contribution in [0.3, 0.4) is 0 Å². The summed E-state index contributed by atoms with van der Waals surface area (Å²) in [6, 6.07) is 16.3. The van der Waals surface area contributed by atoms with Gasteiger partial charge in [-0.1, -0.05) is 42.1 Å². The Hall–Kier alpha value is -2.80. The lowest BCUT2D eigenvalue weighted by Crippen LogP contribution is -2.18. The molecular formula is C19H15N4S2+. The van der Waals surface area contributed by atoms with Crippen molar-refractivity contribution in [2.45, 2.75) is 17.7 Å². The average Bonchev–Trinajstić information content (AvgIpc) is 3.14. The van der Waals surface area contributed by atoms with Gasteiger partial charge in [-0.2, -0.15) is 10.5 Å². The maximum Gasteiger partial charge on any atom is 0.289 e. The van der Waals surface area contributed by atoms with Gasteiger partial charge in [0.05, 0.1) is 0 Å². The van der Waals surface area contributed by atoms with Crippen molar-refractivity contribution in [3.05, 3.63) is 64.0 Å². The Labute approximate surface area is 154 Å². The number of nitrogen functional groups attached to an aromatic ring is 1. The molecule has 0 spiro atoms. The summed E-state index contributed by atoms with van der Waals surface area (Å²) in [6.07, 6.45) is 0. The number of nitrogens with zero attached hydrogens (tertiary/aromatic N) is 2. The highest BCUT2D eigenvalue weighted by molar-refractivity contribution is 7.98. The van der Waals surface area contributed by atoms with Crippen LogP contribution in [0.15, 0.2) is 46.8 Å². The zero-order valence-corrected chi connectivity index (χ0v) is 15.2. The lowest BCUT2D eigenvalue weighted by atomic mass is 10.0. The van der Waals surface area contributed by atoms with Gasteiger partial charge in [-0.25, -0.2) is 4.98 Å². The van der Waals surface area contributed by atoms with Crippen molar-refractivity contribution in [3.63, 3.8) is 0 Å². The number of nitrogens with one attached hydrogen (secondary N) is 1. The minimum atomic E-state index is 0.289. The van der Waals surface area contributed by atoms with E-state index in [0.29, 0.717) is 27.5 Å². The number of aromatic amines is 1. The molecule has 0 saturated heterocycles. The lowest BCUT2D eigenvalue weighted by molar-refractivity contribution is -0.410. The molecular weight excluding hydrogens is 348 g/mol. The van der Waals surface area contributed by atoms with Crippen molar-refractivity contribution in [1.82, 2.24) is 0 Å². The normalized spacial score (nSPS) is 10.2. The first kappa shape index (κ1) is 17.0. The van der Waals surface area contributed by atoms with E-state index in [2.05, 4.69) is 36.2 Å². The molecule has 0 saturated carbocycles. The van der Waals surface area contributed by atoms with Gasteiger partial charge in [-0.15, -0.1) is 11.3 Å². The Morgan fingerprint density at radius 2 is 1.88 bits per heavy atom. The average molecular weight is 363 g/mol. The number of thiophene rings is 1. The van der Waals surface area contributed by atoms with Crippen molar-refractivity contribution in [2.24, 2.45) is 0 Å². The van der Waals surface area contributed by atoms with Crippen molar-refractivity contribution in [3.8, 4) is 22.6 Å². The molecule has 4 nitrogen and oxygen atoms in total. The van der Waals surface area contributed by atoms with Crippen LogP contribution in [-0.2, 0) is 5.75 Å². The molecule has 1 aromatic carbocycles. The molecule has 3 rings (SSSR count). The fourth-order valence-electron chi connectivity index (χ4n) is 2.54. The van der Waals surface area contributed by atoms with Crippen molar-refractivity contribution < 1.29 is 4.98 Å². The number of benzene rings is 1. The van der Waals surface area contributed by atoms with Crippen molar-refractivity contribution >= 4 is 28.9 Å². The highest BCUT2D eigenvalue weighted by atomic mass is 32.2. The number of nitrogens with two attached hydrogens (primary N) is 1. The van der Waals surface area contributed by atoms with Gasteiger partial charge in [-0.3, -0.25) is 5.73 Å². The second-order valence-corrected chi connectivity index (χ2v) is 7.34. The van der Waals surface area contributed by atoms with Crippen LogP contribution < -0.4 is 10.7 Å². The molecule has 122 valence electrons. The predicted octanol–water partition coefficient (Wildman–Crippen LogP) is 4.16. The molecule has 0 fully saturated rings. The van der Waals surface area contributed by atoms with Gasteiger partial charge in [0.25, 0.3) is 5.82 Å². The Morgan fingerprint density at radius 1 is 1.12 bits per heavy atom. The molecule has 0 aliphatic heterocycles. The standard InChI is InChI=1S/C19H14N4S2/c1-12-5-2-3-6-13(12)11-25-19-15(10-21)17(16-7-4-8-24-16)14(9-20)18(22)23-19/h2-8H,11H2,1H3,(H2,22,23)/p+1. The second kappa shape index (κ2) is 7.40. The smallest absolute Gasteiger partial charge is 0.286 e. The summed E-state index contributed by atoms with van der Waals surface area (Å²) in [4.78, 5) is 3.91. The molecule has 2 aromatic heterocycles. The van der Waals surface area contributed by atoms with Gasteiger partial charge < -0.3 is 0 Å². The van der Waals surface area contributed by atoms with E-state index in [4.69, 9.17) is 5.73 Å². The number of hydrogen-bond donors (Lipinski definition) is 1. The van der Waals surface area contributed by atoms with Crippen LogP contribution >= 0.6 is 23.1 Å². The number of hydrogen-bond acceptors (Lipinski definition) is 5. The number of aromatic nitrogens is 1. The summed E-state index contributed by atoms with van der Waals surface area (Å²) in [6.45, 7) is 2.06. The van der Waals surface area contributed by atoms with Crippen LogP contribution in [0.25, 0.3) is 10.4 Å². The van der Waals surface area contributed by atoms with Crippen molar-refractivity contribution in [1.29, 1.82) is 10.5 Å². The number of anilines is 1. The third-order valence-electron chi connectivity index (χ3n) is 3.87. The van der Waals surface area contributed by atoms with Crippen LogP contribution in [0, 0.1) is 29.6 Å². The molecule has 0 aliphatic carbocycles. The lowest BCUT2D eigenvalue weighted by Gasteiger charge is -2.09. The maximum atomic E-state index is 9.73. The van der Waals surface area contributed by atoms with Crippen LogP contribution in [0.2, 0.25) is 0 Å². The Morgan fingerprint density at radius 3 is 2.52 bits per heavy atom. The van der Waals surface area contributed by atoms with E-state index >= 15 is 0 Å². The molecule has 3 aromatic rings. The molecule has 0 aliphatic rings. The first-order valence-corrected chi connectivity index (χ1v) is 9.42. The molecule has 25 heavy (non-hydrogen) atoms. The van der Waals surface area contributed by atoms with E-state index in [-0.39, 0.29) is 5.82 Å². The Bertz CT molecular complexity index is 995. The summed E-state index contributed by atoms with van der Waals surface area (Å²) in [5.74, 6) is 1.00. The van der Waals surface area contributed by atoms with E-state index in [0.717, 1.165) is 4.88 Å². The minimum Gasteiger partial charge on any atom is -0.286 e. The molecule has 6 heteroatoms. The van der Waals surface area contributed by atoms with Gasteiger partial charge in [0, 0.05) is 16.2 Å². The van der Waals surface area contributed by atoms with Crippen molar-refractivity contribution in [2.75, 3.05) is 5.73 Å². The zero-order chi connectivity index (χ0) is 17.8. The largest absolute Gasteiger partial charge is 0.289 e. The number of thioether (sulfide) groups is 1. The quantitative estimate of drug-likeness (QED) is 0.705. The molecule has 0 unspecified atom stereocenters. The summed E-state index contributed by atoms with van der Waals surface area (Å²) < 4.78 is 0. The maximum absolute atomic E-state index is 9.73. The fourth-order valence-corrected chi connectivity index (χ4v) is 4.42. The zero-order valence-electron chi connectivity index (χ0n) is 13.5. The molecule has 0 bridgehead atoms. The number of pyridine rings is 1. The van der Waals surface area contributed by atoms with Gasteiger partial charge in [0.2, 0.25) is 0 Å². The SMILES string of the molecule is Cc1ccccc1CSc1[nH+]c(N)c(C#N)c(-c2cccs2)c1C#N. The van der Waals surface area contributed by atoms with Crippen LogP contribution in [0.1, 0.15) is 22.3 Å². The van der Waals surface area contributed by atoms with Gasteiger partial charge in [0.15, 0.2) is 10.6 Å². The van der Waals surface area contributed by atoms with Gasteiger partial charge >= 0.3 is 0 Å². The minimum absolute atomic E-state index is 0.289. The third kappa shape index (κ3) is 3.36. The fraction of sp³-hybridized carbons (Fsp3) is 0.105. The Kier molecular flexibility index (Phi) is 5.04. The van der Waals surface area contributed by atoms with Crippen LogP contribution in [0.4, 0.5) is 5.82 Å². The number of aryl methyl sites for hydroxylation is 1. The van der Waals surface area contributed by atoms with E-state index in [9.17, 15) is 10.5 Å². The molecule has 0 radical (unpaired) electrons. The van der Waals surface area contributed by atoms with E-state index in [1.165, 1.54) is 34.2 Å². The predicted molar refractivity (Wildman–Crippen MR) is 101 cm³/mol. The molecule has 2 heterocycles. The van der Waals surface area contributed by atoms with Gasteiger partial charge in [-0.05, 0) is 29.5 Å². The first-order chi connectivity index (χ1) is 12.2. The van der Waals surface area contributed by atoms with Crippen LogP contribution in [0.5, 0.6) is 0 Å². The third-order valence-corrected chi connectivity index (χ3v) is 5.81. The van der Waals surface area contributed by atoms with E-state index in [1.807, 2.05) is 29.6 Å². The number of H-pyrrole nitrogens is 1. The molecule has 0 amide bonds. The number of rotatable bonds is 4. The highest BCUT2D eigenvalue weighted by Gasteiger charge is 2.24. The van der Waals surface area contributed by atoms with Crippen LogP contribution in [-0.4, -0.2) is 0 Å². The number of nitriles is 2. The monoisotopic (exact) mass is 363 g/mol. The second-order valence-electron chi connectivity index (χ2n) is 5.41. The molecule has 3 N–H and O–H groups in total. The topological polar surface area (TPSA) is 87.7 Å². The first-order valence-electron chi connectivity index (χ1n) is 7.55. The molecule has 0 atom stereocenters. The summed E-state index contributed by atoms with van der Waals surface area (Å²) >= 11 is 3.01. The van der Waals surface area contributed by atoms with E-state index in [1.54, 1.807) is 0 Å². The summed E-state index contributed by atoms with van der Waals surface area (Å²) in [7, 11) is 0. The summed E-state index contributed by atoms with van der Waals surface area (Å²) in [5, 5.41) is 21.8. The van der Waals surface area contributed by atoms with Gasteiger partial charge in [0.1, 0.15) is 17.7 Å².